The maximum Gasteiger partial charge on any atom is 0.339 e. The van der Waals surface area contributed by atoms with Crippen molar-refractivity contribution >= 4 is 37.8 Å². The van der Waals surface area contributed by atoms with E-state index < -0.39 is 5.97 Å². The molecule has 1 N–H and O–H groups in total. The number of methoxy groups -OCH3 is 1. The van der Waals surface area contributed by atoms with E-state index in [0.29, 0.717) is 21.7 Å². The van der Waals surface area contributed by atoms with Gasteiger partial charge in [-0.05, 0) is 44.0 Å². The number of nitrogens with zero attached hydrogens (tertiary/aromatic N) is 2. The molecule has 1 aromatic heterocycles. The summed E-state index contributed by atoms with van der Waals surface area (Å²) in [6.07, 6.45) is 1.31. The molecule has 0 aliphatic rings. The van der Waals surface area contributed by atoms with Gasteiger partial charge in [0.15, 0.2) is 0 Å². The summed E-state index contributed by atoms with van der Waals surface area (Å²) in [5.41, 5.74) is 0.613. The molecule has 112 valence electrons. The van der Waals surface area contributed by atoms with Crippen molar-refractivity contribution in [2.75, 3.05) is 7.11 Å². The number of aromatic carboxylic acids is 1. The smallest absolute Gasteiger partial charge is 0.339 e. The van der Waals surface area contributed by atoms with Crippen LogP contribution in [0.4, 0.5) is 0 Å². The number of rotatable bonds is 5. The first-order valence-electron chi connectivity index (χ1n) is 5.84. The predicted octanol–water partition coefficient (Wildman–Crippen LogP) is 3.23. The maximum atomic E-state index is 11.1. The van der Waals surface area contributed by atoms with Crippen molar-refractivity contribution in [2.24, 2.45) is 7.05 Å². The van der Waals surface area contributed by atoms with E-state index in [2.05, 4.69) is 37.0 Å². The van der Waals surface area contributed by atoms with E-state index >= 15 is 0 Å². The van der Waals surface area contributed by atoms with Crippen LogP contribution in [0.1, 0.15) is 16.1 Å². The van der Waals surface area contributed by atoms with Crippen molar-refractivity contribution < 1.29 is 19.4 Å². The van der Waals surface area contributed by atoms with Gasteiger partial charge in [0, 0.05) is 7.05 Å². The summed E-state index contributed by atoms with van der Waals surface area (Å²) in [6, 6.07) is 3.51. The number of ether oxygens (including phenoxy) is 2. The number of carbonyl (C=O) groups is 1. The molecule has 0 atom stereocenters. The summed E-state index contributed by atoms with van der Waals surface area (Å²) >= 11 is 6.76. The van der Waals surface area contributed by atoms with E-state index in [1.807, 2.05) is 0 Å². The van der Waals surface area contributed by atoms with Crippen LogP contribution in [0.5, 0.6) is 11.5 Å². The third kappa shape index (κ3) is 3.38. The van der Waals surface area contributed by atoms with Crippen LogP contribution in [0.15, 0.2) is 27.3 Å². The van der Waals surface area contributed by atoms with Crippen molar-refractivity contribution in [1.82, 2.24) is 9.78 Å². The monoisotopic (exact) mass is 418 g/mol. The highest BCUT2D eigenvalue weighted by molar-refractivity contribution is 9.11. The zero-order chi connectivity index (χ0) is 15.6. The van der Waals surface area contributed by atoms with Crippen LogP contribution in [-0.2, 0) is 13.7 Å². The third-order valence-electron chi connectivity index (χ3n) is 2.86. The first kappa shape index (κ1) is 15.8. The van der Waals surface area contributed by atoms with Gasteiger partial charge >= 0.3 is 5.97 Å². The highest BCUT2D eigenvalue weighted by Crippen LogP contribution is 2.36. The Hall–Kier alpha value is -1.54. The minimum absolute atomic E-state index is 0.0928. The van der Waals surface area contributed by atoms with Crippen LogP contribution in [-0.4, -0.2) is 28.0 Å². The van der Waals surface area contributed by atoms with Gasteiger partial charge in [0.05, 0.1) is 27.9 Å². The number of hydrogen-bond donors (Lipinski definition) is 1. The quantitative estimate of drug-likeness (QED) is 0.805. The number of aryl methyl sites for hydroxylation is 1. The van der Waals surface area contributed by atoms with Crippen molar-refractivity contribution in [1.29, 1.82) is 0 Å². The molecule has 1 aromatic carbocycles. The number of aromatic nitrogens is 2. The fourth-order valence-electron chi connectivity index (χ4n) is 1.74. The van der Waals surface area contributed by atoms with E-state index in [9.17, 15) is 4.79 Å². The molecule has 0 radical (unpaired) electrons. The van der Waals surface area contributed by atoms with E-state index in [1.165, 1.54) is 10.9 Å². The summed E-state index contributed by atoms with van der Waals surface area (Å²) < 4.78 is 13.8. The average molecular weight is 420 g/mol. The standard InChI is InChI=1S/C13H12Br2N2O4/c1-17-10(7(5-16-17)13(18)19)6-21-12-4-8(14)11(20-2)3-9(12)15/h3-5H,6H2,1-2H3,(H,18,19). The molecule has 8 heteroatoms. The lowest BCUT2D eigenvalue weighted by Gasteiger charge is -2.12. The van der Waals surface area contributed by atoms with Gasteiger partial charge in [-0.15, -0.1) is 0 Å². The minimum atomic E-state index is -1.03. The highest BCUT2D eigenvalue weighted by Gasteiger charge is 2.16. The lowest BCUT2D eigenvalue weighted by molar-refractivity contribution is 0.0693. The molecule has 0 saturated carbocycles. The molecule has 0 unspecified atom stereocenters. The number of hydrogen-bond acceptors (Lipinski definition) is 4. The summed E-state index contributed by atoms with van der Waals surface area (Å²) in [6.45, 7) is 0.0928. The number of halogens is 2. The van der Waals surface area contributed by atoms with E-state index in [0.717, 1.165) is 4.47 Å². The van der Waals surface area contributed by atoms with Gasteiger partial charge in [-0.1, -0.05) is 0 Å². The first-order chi connectivity index (χ1) is 9.93. The maximum absolute atomic E-state index is 11.1. The molecule has 6 nitrogen and oxygen atoms in total. The topological polar surface area (TPSA) is 73.6 Å². The molecule has 1 heterocycles. The average Bonchev–Trinajstić information content (AvgIpc) is 2.80. The fourth-order valence-corrected chi connectivity index (χ4v) is 2.66. The minimum Gasteiger partial charge on any atom is -0.496 e. The van der Waals surface area contributed by atoms with Crippen molar-refractivity contribution in [3.63, 3.8) is 0 Å². The molecular weight excluding hydrogens is 408 g/mol. The van der Waals surface area contributed by atoms with Gasteiger partial charge in [-0.3, -0.25) is 4.68 Å². The lowest BCUT2D eigenvalue weighted by Crippen LogP contribution is -2.08. The van der Waals surface area contributed by atoms with Crippen molar-refractivity contribution in [3.8, 4) is 11.5 Å². The Labute approximate surface area is 137 Å². The van der Waals surface area contributed by atoms with Gasteiger partial charge in [0.2, 0.25) is 0 Å². The summed E-state index contributed by atoms with van der Waals surface area (Å²) in [5.74, 6) is 0.206. The molecular formula is C13H12Br2N2O4. The number of benzene rings is 1. The second kappa shape index (κ2) is 6.48. The third-order valence-corrected chi connectivity index (χ3v) is 4.10. The Balaban J connectivity index is 2.23. The predicted molar refractivity (Wildman–Crippen MR) is 82.9 cm³/mol. The van der Waals surface area contributed by atoms with Crippen LogP contribution in [0.3, 0.4) is 0 Å². The summed E-state index contributed by atoms with van der Waals surface area (Å²) in [4.78, 5) is 11.1. The fraction of sp³-hybridized carbons (Fsp3) is 0.231. The Morgan fingerprint density at radius 3 is 2.57 bits per heavy atom. The SMILES string of the molecule is COc1cc(Br)c(OCc2c(C(=O)O)cnn2C)cc1Br. The van der Waals surface area contributed by atoms with E-state index in [1.54, 1.807) is 26.3 Å². The Bertz CT molecular complexity index is 685. The van der Waals surface area contributed by atoms with Crippen LogP contribution >= 0.6 is 31.9 Å². The second-order valence-corrected chi connectivity index (χ2v) is 5.85. The van der Waals surface area contributed by atoms with Gasteiger partial charge in [-0.25, -0.2) is 4.79 Å². The summed E-state index contributed by atoms with van der Waals surface area (Å²) in [7, 11) is 3.24. The largest absolute Gasteiger partial charge is 0.496 e. The normalized spacial score (nSPS) is 10.5. The van der Waals surface area contributed by atoms with Crippen LogP contribution in [0.2, 0.25) is 0 Å². The zero-order valence-electron chi connectivity index (χ0n) is 11.3. The van der Waals surface area contributed by atoms with Crippen molar-refractivity contribution in [3.05, 3.63) is 38.5 Å². The summed E-state index contributed by atoms with van der Waals surface area (Å²) in [5, 5.41) is 13.0. The highest BCUT2D eigenvalue weighted by atomic mass is 79.9. The molecule has 0 aliphatic heterocycles. The Morgan fingerprint density at radius 2 is 1.95 bits per heavy atom. The number of carboxylic acids is 1. The van der Waals surface area contributed by atoms with Gasteiger partial charge in [0.25, 0.3) is 0 Å². The molecule has 2 aromatic rings. The Kier molecular flexibility index (Phi) is 4.89. The van der Waals surface area contributed by atoms with Gasteiger partial charge in [0.1, 0.15) is 23.7 Å². The number of carboxylic acid groups (broad SMARTS) is 1. The van der Waals surface area contributed by atoms with Crippen LogP contribution in [0, 0.1) is 0 Å². The second-order valence-electron chi connectivity index (χ2n) is 4.14. The van der Waals surface area contributed by atoms with Crippen LogP contribution < -0.4 is 9.47 Å². The molecule has 0 aliphatic carbocycles. The molecule has 0 amide bonds. The van der Waals surface area contributed by atoms with Crippen molar-refractivity contribution in [2.45, 2.75) is 6.61 Å². The molecule has 21 heavy (non-hydrogen) atoms. The molecule has 0 saturated heterocycles. The Morgan fingerprint density at radius 1 is 1.33 bits per heavy atom. The zero-order valence-corrected chi connectivity index (χ0v) is 14.4. The molecule has 0 bridgehead atoms. The lowest BCUT2D eigenvalue weighted by atomic mass is 10.2. The van der Waals surface area contributed by atoms with Crippen LogP contribution in [0.25, 0.3) is 0 Å². The molecule has 0 spiro atoms. The van der Waals surface area contributed by atoms with Gasteiger partial charge in [-0.2, -0.15) is 5.10 Å². The molecule has 0 fully saturated rings. The van der Waals surface area contributed by atoms with E-state index in [-0.39, 0.29) is 12.2 Å². The molecule has 2 rings (SSSR count). The first-order valence-corrected chi connectivity index (χ1v) is 7.42. The van der Waals surface area contributed by atoms with Gasteiger partial charge < -0.3 is 14.6 Å². The van der Waals surface area contributed by atoms with E-state index in [4.69, 9.17) is 14.6 Å².